The number of aromatic nitrogens is 1. The Bertz CT molecular complexity index is 3580. The molecule has 3 nitrogen and oxygen atoms in total. The van der Waals surface area contributed by atoms with Gasteiger partial charge in [0.15, 0.2) is 0 Å². The van der Waals surface area contributed by atoms with Gasteiger partial charge in [-0.25, -0.2) is 0 Å². The molecule has 0 N–H and O–H groups in total. The van der Waals surface area contributed by atoms with Crippen LogP contribution in [0.25, 0.3) is 61.4 Å². The van der Waals surface area contributed by atoms with E-state index in [1.54, 1.807) is 0 Å². The fraction of sp³-hybridized carbons (Fsp3) is 0.0794. The van der Waals surface area contributed by atoms with Gasteiger partial charge in [-0.15, -0.1) is 0 Å². The first kappa shape index (κ1) is 40.6. The second kappa shape index (κ2) is 16.4. The lowest BCUT2D eigenvalue weighted by molar-refractivity contribution is 0.660. The molecule has 1 aliphatic heterocycles. The highest BCUT2D eigenvalue weighted by Gasteiger charge is 2.36. The molecule has 9 aromatic rings. The Morgan fingerprint density at radius 1 is 0.530 bits per heavy atom. The van der Waals surface area contributed by atoms with Crippen LogP contribution in [0.2, 0.25) is 0 Å². The summed E-state index contributed by atoms with van der Waals surface area (Å²) >= 11 is 0. The van der Waals surface area contributed by atoms with E-state index in [-0.39, 0.29) is 5.41 Å². The highest BCUT2D eigenvalue weighted by molar-refractivity contribution is 6.10. The fourth-order valence-electron chi connectivity index (χ4n) is 10.1. The van der Waals surface area contributed by atoms with Crippen molar-refractivity contribution in [3.63, 3.8) is 0 Å². The number of aryl methyl sites for hydroxylation is 1. The van der Waals surface area contributed by atoms with Gasteiger partial charge in [-0.05, 0) is 141 Å². The average molecular weight is 850 g/mol. The molecule has 0 bridgehead atoms. The monoisotopic (exact) mass is 849 g/mol. The maximum Gasteiger partial charge on any atom is 0.0627 e. The van der Waals surface area contributed by atoms with Gasteiger partial charge in [0.25, 0.3) is 0 Å². The fourth-order valence-corrected chi connectivity index (χ4v) is 10.1. The molecule has 0 spiro atoms. The molecule has 0 amide bonds. The standard InChI is InChI=1S/C63H51N3/c1-43-26-35-57-58-37-33-51(41-62(58)66(61(57)39-43)49-21-10-7-11-22-49)64-38-16-20-48-19-12-13-23-54(48)45(3)44(2)27-30-53(42-64)65(50-31-28-47(29-32-50)46-17-8-6-9-18-46)52-34-36-56-55-24-14-15-25-59(55)63(4,5)60(56)40-52/h6-42H,2H2,1,3-5H3/b30-27-,38-16+,48-20-,53-42+,54-45+. The van der Waals surface area contributed by atoms with Crippen LogP contribution in [0.1, 0.15) is 37.5 Å². The van der Waals surface area contributed by atoms with Crippen molar-refractivity contribution in [2.24, 2.45) is 0 Å². The number of fused-ring (bicyclic) bond motifs is 7. The number of anilines is 3. The van der Waals surface area contributed by atoms with Crippen LogP contribution in [0, 0.1) is 6.92 Å². The van der Waals surface area contributed by atoms with Gasteiger partial charge in [0.05, 0.1) is 16.7 Å². The van der Waals surface area contributed by atoms with Gasteiger partial charge >= 0.3 is 0 Å². The van der Waals surface area contributed by atoms with Crippen molar-refractivity contribution in [1.29, 1.82) is 0 Å². The van der Waals surface area contributed by atoms with E-state index in [9.17, 15) is 0 Å². The SMILES string of the molecule is C=C1/C=C\C(N(c2ccc(-c3ccccc3)cc2)c2ccc3c(c2)C(C)(C)c2ccccc2-3)=C/N(c2ccc3c4ccc(C)cc4n(-c4ccccc4)c3c2)/C=C/C=c2/cccc/c2=C\1C. The first-order valence-corrected chi connectivity index (χ1v) is 22.9. The van der Waals surface area contributed by atoms with E-state index in [0.29, 0.717) is 0 Å². The molecule has 318 valence electrons. The first-order valence-electron chi connectivity index (χ1n) is 22.9. The van der Waals surface area contributed by atoms with Crippen LogP contribution >= 0.6 is 0 Å². The topological polar surface area (TPSA) is 11.4 Å². The van der Waals surface area contributed by atoms with Gasteiger partial charge in [0.1, 0.15) is 0 Å². The highest BCUT2D eigenvalue weighted by Crippen LogP contribution is 2.50. The Morgan fingerprint density at radius 2 is 1.18 bits per heavy atom. The summed E-state index contributed by atoms with van der Waals surface area (Å²) in [4.78, 5) is 4.68. The van der Waals surface area contributed by atoms with E-state index < -0.39 is 0 Å². The highest BCUT2D eigenvalue weighted by atomic mass is 15.2. The van der Waals surface area contributed by atoms with Crippen LogP contribution in [0.3, 0.4) is 0 Å². The Kier molecular flexibility index (Phi) is 10.1. The Labute approximate surface area is 387 Å². The molecule has 0 saturated heterocycles. The van der Waals surface area contributed by atoms with Gasteiger partial charge in [0.2, 0.25) is 0 Å². The maximum atomic E-state index is 4.65. The molecule has 0 fully saturated rings. The molecule has 0 radical (unpaired) electrons. The predicted molar refractivity (Wildman–Crippen MR) is 281 cm³/mol. The van der Waals surface area contributed by atoms with E-state index >= 15 is 0 Å². The van der Waals surface area contributed by atoms with Crippen molar-refractivity contribution in [3.05, 3.63) is 264 Å². The van der Waals surface area contributed by atoms with Gasteiger partial charge in [-0.3, -0.25) is 0 Å². The Balaban J connectivity index is 1.16. The summed E-state index contributed by atoms with van der Waals surface area (Å²) in [5.41, 5.74) is 18.4. The number of para-hydroxylation sites is 1. The number of benzene rings is 8. The van der Waals surface area contributed by atoms with E-state index in [4.69, 9.17) is 0 Å². The zero-order chi connectivity index (χ0) is 44.9. The third-order valence-electron chi connectivity index (χ3n) is 13.6. The molecule has 2 heterocycles. The Morgan fingerprint density at radius 3 is 1.98 bits per heavy atom. The number of allylic oxidation sites excluding steroid dienone is 4. The van der Waals surface area contributed by atoms with Gasteiger partial charge in [-0.2, -0.15) is 0 Å². The summed E-state index contributed by atoms with van der Waals surface area (Å²) in [6.07, 6.45) is 13.3. The van der Waals surface area contributed by atoms with Crippen molar-refractivity contribution >= 4 is 50.5 Å². The minimum absolute atomic E-state index is 0.176. The smallest absolute Gasteiger partial charge is 0.0627 e. The third-order valence-corrected chi connectivity index (χ3v) is 13.6. The number of nitrogens with zero attached hydrogens (tertiary/aromatic N) is 3. The van der Waals surface area contributed by atoms with Crippen molar-refractivity contribution in [1.82, 2.24) is 4.57 Å². The second-order valence-corrected chi connectivity index (χ2v) is 18.1. The molecular weight excluding hydrogens is 799 g/mol. The van der Waals surface area contributed by atoms with E-state index in [1.807, 2.05) is 0 Å². The minimum Gasteiger partial charge on any atom is -0.322 e. The zero-order valence-electron chi connectivity index (χ0n) is 37.9. The van der Waals surface area contributed by atoms with Crippen molar-refractivity contribution in [3.8, 4) is 27.9 Å². The summed E-state index contributed by atoms with van der Waals surface area (Å²) in [6, 6.07) is 68.4. The largest absolute Gasteiger partial charge is 0.322 e. The van der Waals surface area contributed by atoms with Crippen LogP contribution in [0.5, 0.6) is 0 Å². The minimum atomic E-state index is -0.176. The zero-order valence-corrected chi connectivity index (χ0v) is 37.9. The van der Waals surface area contributed by atoms with Crippen LogP contribution in [-0.2, 0) is 5.41 Å². The van der Waals surface area contributed by atoms with Crippen LogP contribution in [0.4, 0.5) is 17.1 Å². The second-order valence-electron chi connectivity index (χ2n) is 18.1. The molecule has 1 aromatic heterocycles. The average Bonchev–Trinajstić information content (AvgIpc) is 3.79. The van der Waals surface area contributed by atoms with Gasteiger partial charge in [0, 0.05) is 51.3 Å². The number of rotatable bonds is 6. The van der Waals surface area contributed by atoms with E-state index in [0.717, 1.165) is 55.5 Å². The van der Waals surface area contributed by atoms with Crippen molar-refractivity contribution in [2.45, 2.75) is 33.1 Å². The molecule has 0 unspecified atom stereocenters. The van der Waals surface area contributed by atoms with Crippen LogP contribution in [0.15, 0.2) is 237 Å². The molecule has 1 aliphatic carbocycles. The van der Waals surface area contributed by atoms with E-state index in [2.05, 4.69) is 273 Å². The lowest BCUT2D eigenvalue weighted by Gasteiger charge is -2.30. The summed E-state index contributed by atoms with van der Waals surface area (Å²) in [7, 11) is 0. The third kappa shape index (κ3) is 7.10. The normalized spacial score (nSPS) is 17.3. The summed E-state index contributed by atoms with van der Waals surface area (Å²) in [6.45, 7) is 13.7. The molecular formula is C63H51N3. The molecule has 2 aliphatic rings. The predicted octanol–water partition coefficient (Wildman–Crippen LogP) is 14.8. The Hall–Kier alpha value is -8.14. The quantitative estimate of drug-likeness (QED) is 0.165. The maximum absolute atomic E-state index is 4.65. The van der Waals surface area contributed by atoms with Crippen molar-refractivity contribution < 1.29 is 0 Å². The van der Waals surface area contributed by atoms with Gasteiger partial charge in [-0.1, -0.05) is 166 Å². The van der Waals surface area contributed by atoms with Crippen molar-refractivity contribution in [2.75, 3.05) is 9.80 Å². The first-order chi connectivity index (χ1) is 32.2. The van der Waals surface area contributed by atoms with E-state index in [1.165, 1.54) is 55.2 Å². The summed E-state index contributed by atoms with van der Waals surface area (Å²) in [5.74, 6) is 0. The summed E-state index contributed by atoms with van der Waals surface area (Å²) < 4.78 is 2.40. The number of hydrogen-bond acceptors (Lipinski definition) is 2. The number of hydrogen-bond donors (Lipinski definition) is 0. The molecule has 11 rings (SSSR count). The molecule has 0 saturated carbocycles. The summed E-state index contributed by atoms with van der Waals surface area (Å²) in [5, 5.41) is 4.75. The lowest BCUT2D eigenvalue weighted by Crippen LogP contribution is -2.26. The lowest BCUT2D eigenvalue weighted by atomic mass is 9.82. The van der Waals surface area contributed by atoms with Crippen LogP contribution in [-0.4, -0.2) is 4.57 Å². The van der Waals surface area contributed by atoms with Gasteiger partial charge < -0.3 is 14.4 Å². The molecule has 0 atom stereocenters. The molecule has 66 heavy (non-hydrogen) atoms. The molecule has 3 heteroatoms. The molecule has 8 aromatic carbocycles. The van der Waals surface area contributed by atoms with Crippen LogP contribution < -0.4 is 20.2 Å².